The normalized spacial score (nSPS) is 29.6. The number of hydrogen-bond acceptors (Lipinski definition) is 11. The van der Waals surface area contributed by atoms with Gasteiger partial charge in [-0.25, -0.2) is 22.5 Å². The summed E-state index contributed by atoms with van der Waals surface area (Å²) in [6, 6.07) is 4.69. The van der Waals surface area contributed by atoms with Crippen LogP contribution in [-0.4, -0.2) is 109 Å². The molecule has 314 valence electrons. The highest BCUT2D eigenvalue weighted by atomic mass is 32.2. The molecule has 2 atom stereocenters. The molecule has 4 heterocycles. The molecule has 1 aromatic heterocycles. The van der Waals surface area contributed by atoms with Gasteiger partial charge in [-0.2, -0.15) is 18.2 Å². The van der Waals surface area contributed by atoms with E-state index in [1.807, 2.05) is 6.07 Å². The first kappa shape index (κ1) is 41.5. The Morgan fingerprint density at radius 1 is 0.947 bits per heavy atom. The van der Waals surface area contributed by atoms with Crippen LogP contribution in [0.3, 0.4) is 0 Å². The van der Waals surface area contributed by atoms with Gasteiger partial charge in [0.25, 0.3) is 0 Å². The van der Waals surface area contributed by atoms with Crippen LogP contribution in [0.15, 0.2) is 24.4 Å². The Kier molecular flexibility index (Phi) is 12.3. The minimum absolute atomic E-state index is 0.0284. The number of anilines is 3. The van der Waals surface area contributed by atoms with Gasteiger partial charge in [0, 0.05) is 81.8 Å². The van der Waals surface area contributed by atoms with Crippen molar-refractivity contribution >= 4 is 39.3 Å². The molecule has 2 aliphatic carbocycles. The van der Waals surface area contributed by atoms with Gasteiger partial charge in [-0.15, -0.1) is 0 Å². The SMILES string of the molecule is C[C@]1(O)CCCN(c2nc(NC3CCC(S(=O)(=O)NC4CCC(CN5CCN(c6ccc(C7CCC(=O)NC7=O)c(F)c6)CC5)CC4)CC3)ncc2C(F)(F)F)C1. The maximum atomic E-state index is 15.1. The van der Waals surface area contributed by atoms with Crippen molar-refractivity contribution in [2.75, 3.05) is 60.9 Å². The molecule has 4 N–H and O–H groups in total. The predicted molar refractivity (Wildman–Crippen MR) is 207 cm³/mol. The van der Waals surface area contributed by atoms with Crippen molar-refractivity contribution in [1.29, 1.82) is 0 Å². The molecule has 2 amide bonds. The number of rotatable bonds is 10. The summed E-state index contributed by atoms with van der Waals surface area (Å²) in [4.78, 5) is 38.0. The van der Waals surface area contributed by atoms with Crippen LogP contribution >= 0.6 is 0 Å². The van der Waals surface area contributed by atoms with Crippen LogP contribution in [-0.2, 0) is 25.8 Å². The number of sulfonamides is 1. The Hall–Kier alpha value is -3.61. The Morgan fingerprint density at radius 3 is 2.30 bits per heavy atom. The fraction of sp³-hybridized carbons (Fsp3) is 0.692. The van der Waals surface area contributed by atoms with Crippen LogP contribution in [0.4, 0.5) is 35.0 Å². The molecule has 3 saturated heterocycles. The van der Waals surface area contributed by atoms with E-state index in [1.165, 1.54) is 11.0 Å². The topological polar surface area (TPSA) is 160 Å². The number of hydrogen-bond donors (Lipinski definition) is 4. The van der Waals surface area contributed by atoms with Crippen molar-refractivity contribution in [3.05, 3.63) is 41.3 Å². The number of amides is 2. The minimum atomic E-state index is -4.66. The molecule has 57 heavy (non-hydrogen) atoms. The molecule has 18 heteroatoms. The molecule has 5 aliphatic rings. The number of alkyl halides is 3. The zero-order valence-electron chi connectivity index (χ0n) is 32.4. The standard InChI is InChI=1S/C39H54F4N8O5S/c1-38(54)15-2-16-51(24-38)35-32(39(41,42)43)22-44-37(47-35)45-26-7-10-29(11-8-26)57(55,56)48-27-5-3-25(4-6-27)23-49-17-19-50(20-18-49)28-9-12-30(33(40)21-28)31-13-14-34(52)46-36(31)53/h9,12,21-22,25-27,29,31,48,54H,2-8,10-11,13-20,23-24H2,1H3,(H,44,45,47)(H,46,52,53)/t25?,26?,27?,29?,31?,38-/m0/s1. The Bertz CT molecular complexity index is 1880. The van der Waals surface area contributed by atoms with E-state index in [-0.39, 0.29) is 42.7 Å². The molecule has 2 aromatic rings. The number of aromatic nitrogens is 2. The van der Waals surface area contributed by atoms with E-state index < -0.39 is 50.3 Å². The third kappa shape index (κ3) is 10.2. The van der Waals surface area contributed by atoms with E-state index >= 15 is 4.39 Å². The number of imide groups is 1. The number of halogens is 4. The van der Waals surface area contributed by atoms with E-state index in [1.54, 1.807) is 13.0 Å². The number of piperazine rings is 1. The molecule has 5 fully saturated rings. The van der Waals surface area contributed by atoms with Gasteiger partial charge in [0.2, 0.25) is 27.8 Å². The van der Waals surface area contributed by atoms with E-state index in [0.29, 0.717) is 63.0 Å². The lowest BCUT2D eigenvalue weighted by Crippen LogP contribution is -2.49. The summed E-state index contributed by atoms with van der Waals surface area (Å²) in [5.74, 6) is -1.63. The lowest BCUT2D eigenvalue weighted by Gasteiger charge is -2.39. The number of nitrogens with zero attached hydrogens (tertiary/aromatic N) is 5. The molecule has 0 radical (unpaired) electrons. The molecule has 7 rings (SSSR count). The lowest BCUT2D eigenvalue weighted by molar-refractivity contribution is -0.138. The second-order valence-electron chi connectivity index (χ2n) is 16.9. The molecular weight excluding hydrogens is 769 g/mol. The van der Waals surface area contributed by atoms with Gasteiger partial charge in [-0.05, 0) is 95.6 Å². The maximum Gasteiger partial charge on any atom is 0.421 e. The monoisotopic (exact) mass is 822 g/mol. The second-order valence-corrected chi connectivity index (χ2v) is 18.9. The van der Waals surface area contributed by atoms with E-state index in [9.17, 15) is 36.3 Å². The number of aliphatic hydroxyl groups is 1. The largest absolute Gasteiger partial charge is 0.421 e. The molecule has 3 aliphatic heterocycles. The average Bonchev–Trinajstić information content (AvgIpc) is 3.15. The molecular formula is C39H54F4N8O5S. The van der Waals surface area contributed by atoms with Crippen LogP contribution in [0.1, 0.15) is 101 Å². The summed E-state index contributed by atoms with van der Waals surface area (Å²) in [7, 11) is -3.57. The molecule has 0 bridgehead atoms. The van der Waals surface area contributed by atoms with Gasteiger partial charge in [0.05, 0.1) is 16.8 Å². The lowest BCUT2D eigenvalue weighted by atomic mass is 9.86. The van der Waals surface area contributed by atoms with Gasteiger partial charge < -0.3 is 20.2 Å². The van der Waals surface area contributed by atoms with Crippen molar-refractivity contribution in [2.45, 2.75) is 119 Å². The van der Waals surface area contributed by atoms with Crippen LogP contribution in [0.25, 0.3) is 0 Å². The minimum Gasteiger partial charge on any atom is -0.388 e. The first-order valence-corrected chi connectivity index (χ1v) is 21.9. The van der Waals surface area contributed by atoms with Crippen molar-refractivity contribution in [1.82, 2.24) is 24.9 Å². The zero-order chi connectivity index (χ0) is 40.5. The average molecular weight is 823 g/mol. The van der Waals surface area contributed by atoms with E-state index in [2.05, 4.69) is 35.1 Å². The highest BCUT2D eigenvalue weighted by molar-refractivity contribution is 7.90. The van der Waals surface area contributed by atoms with Crippen LogP contribution < -0.4 is 25.2 Å². The fourth-order valence-electron chi connectivity index (χ4n) is 9.32. The molecule has 2 saturated carbocycles. The molecule has 1 unspecified atom stereocenters. The number of β-amino-alcohol motifs (C(OH)–C–C–N with tert-alkyl or cyclic N) is 1. The summed E-state index contributed by atoms with van der Waals surface area (Å²) >= 11 is 0. The maximum absolute atomic E-state index is 15.1. The van der Waals surface area contributed by atoms with E-state index in [4.69, 9.17) is 0 Å². The van der Waals surface area contributed by atoms with Crippen molar-refractivity contribution in [2.24, 2.45) is 5.92 Å². The summed E-state index contributed by atoms with van der Waals surface area (Å²) in [6.45, 7) is 6.04. The van der Waals surface area contributed by atoms with Crippen LogP contribution in [0, 0.1) is 11.7 Å². The Balaban J connectivity index is 0.833. The van der Waals surface area contributed by atoms with Crippen molar-refractivity contribution in [3.8, 4) is 0 Å². The van der Waals surface area contributed by atoms with Gasteiger partial charge in [0.15, 0.2) is 0 Å². The highest BCUT2D eigenvalue weighted by Crippen LogP contribution is 2.38. The van der Waals surface area contributed by atoms with Crippen molar-refractivity contribution < 1.29 is 40.7 Å². The van der Waals surface area contributed by atoms with Crippen LogP contribution in [0.5, 0.6) is 0 Å². The molecule has 1 aromatic carbocycles. The van der Waals surface area contributed by atoms with Gasteiger partial charge in [0.1, 0.15) is 17.2 Å². The number of nitrogens with one attached hydrogen (secondary N) is 3. The number of carbonyl (C=O) groups is 2. The number of benzene rings is 1. The van der Waals surface area contributed by atoms with Gasteiger partial charge in [-0.3, -0.25) is 19.8 Å². The number of piperidine rings is 2. The second kappa shape index (κ2) is 16.9. The van der Waals surface area contributed by atoms with Gasteiger partial charge in [-0.1, -0.05) is 6.07 Å². The first-order valence-electron chi connectivity index (χ1n) is 20.3. The summed E-state index contributed by atoms with van der Waals surface area (Å²) in [5, 5.41) is 15.4. The predicted octanol–water partition coefficient (Wildman–Crippen LogP) is 4.53. The molecule has 13 nitrogen and oxygen atoms in total. The smallest absolute Gasteiger partial charge is 0.388 e. The summed E-state index contributed by atoms with van der Waals surface area (Å²) in [6.07, 6.45) is 2.84. The Labute approximate surface area is 331 Å². The third-order valence-electron chi connectivity index (χ3n) is 12.5. The zero-order valence-corrected chi connectivity index (χ0v) is 33.2. The Morgan fingerprint density at radius 2 is 1.65 bits per heavy atom. The fourth-order valence-corrected chi connectivity index (χ4v) is 11.1. The summed E-state index contributed by atoms with van der Waals surface area (Å²) in [5.41, 5.74) is -0.992. The highest BCUT2D eigenvalue weighted by Gasteiger charge is 2.40. The first-order chi connectivity index (χ1) is 27.0. The van der Waals surface area contributed by atoms with Crippen LogP contribution in [0.2, 0.25) is 0 Å². The van der Waals surface area contributed by atoms with Crippen molar-refractivity contribution in [3.63, 3.8) is 0 Å². The third-order valence-corrected chi connectivity index (χ3v) is 14.5. The van der Waals surface area contributed by atoms with E-state index in [0.717, 1.165) is 70.3 Å². The quantitative estimate of drug-likeness (QED) is 0.197. The molecule has 0 spiro atoms. The number of carbonyl (C=O) groups excluding carboxylic acids is 2. The van der Waals surface area contributed by atoms with Gasteiger partial charge >= 0.3 is 6.18 Å². The summed E-state index contributed by atoms with van der Waals surface area (Å²) < 4.78 is 86.7.